The molecule has 0 saturated carbocycles. The van der Waals surface area contributed by atoms with Crippen LogP contribution < -0.4 is 10.6 Å². The molecular formula is C17H13F2N3O2. The van der Waals surface area contributed by atoms with Gasteiger partial charge in [-0.1, -0.05) is 12.1 Å². The predicted molar refractivity (Wildman–Crippen MR) is 84.2 cm³/mol. The molecule has 24 heavy (non-hydrogen) atoms. The number of para-hydroxylation sites is 1. The molecule has 1 aromatic carbocycles. The summed E-state index contributed by atoms with van der Waals surface area (Å²) in [6.45, 7) is 0.117. The van der Waals surface area contributed by atoms with Crippen LogP contribution in [0.15, 0.2) is 59.3 Å². The number of benzene rings is 1. The molecule has 0 bridgehead atoms. The standard InChI is InChI=1S/C17H13F2N3O2/c18-12-5-1-6-13(19)16(12)22-17(23)21-10-11-4-2-8-20-15(11)14-7-3-9-24-14/h1-9H,10H2,(H2,21,22,23). The number of urea groups is 1. The van der Waals surface area contributed by atoms with Gasteiger partial charge >= 0.3 is 6.03 Å². The lowest BCUT2D eigenvalue weighted by Gasteiger charge is -2.10. The van der Waals surface area contributed by atoms with E-state index in [0.29, 0.717) is 17.0 Å². The number of hydrogen-bond acceptors (Lipinski definition) is 3. The zero-order valence-electron chi connectivity index (χ0n) is 12.4. The minimum absolute atomic E-state index is 0.117. The van der Waals surface area contributed by atoms with Crippen molar-refractivity contribution in [3.63, 3.8) is 0 Å². The molecule has 2 amide bonds. The fourth-order valence-corrected chi connectivity index (χ4v) is 2.17. The maximum Gasteiger partial charge on any atom is 0.319 e. The van der Waals surface area contributed by atoms with E-state index in [-0.39, 0.29) is 6.54 Å². The van der Waals surface area contributed by atoms with Crippen molar-refractivity contribution in [2.24, 2.45) is 0 Å². The Kier molecular flexibility index (Phi) is 4.51. The van der Waals surface area contributed by atoms with Crippen molar-refractivity contribution in [1.29, 1.82) is 0 Å². The third-order valence-corrected chi connectivity index (χ3v) is 3.29. The highest BCUT2D eigenvalue weighted by Crippen LogP contribution is 2.21. The van der Waals surface area contributed by atoms with E-state index >= 15 is 0 Å². The zero-order valence-corrected chi connectivity index (χ0v) is 12.4. The Hall–Kier alpha value is -3.22. The number of pyridine rings is 1. The quantitative estimate of drug-likeness (QED) is 0.762. The van der Waals surface area contributed by atoms with E-state index in [1.807, 2.05) is 0 Å². The van der Waals surface area contributed by atoms with E-state index in [1.165, 1.54) is 12.3 Å². The maximum absolute atomic E-state index is 13.5. The van der Waals surface area contributed by atoms with Gasteiger partial charge in [-0.2, -0.15) is 0 Å². The topological polar surface area (TPSA) is 67.2 Å². The summed E-state index contributed by atoms with van der Waals surface area (Å²) in [6, 6.07) is 9.60. The number of carbonyl (C=O) groups excluding carboxylic acids is 1. The lowest BCUT2D eigenvalue weighted by molar-refractivity contribution is 0.251. The molecular weight excluding hydrogens is 316 g/mol. The Morgan fingerprint density at radius 1 is 1.08 bits per heavy atom. The highest BCUT2D eigenvalue weighted by Gasteiger charge is 2.13. The predicted octanol–water partition coefficient (Wildman–Crippen LogP) is 3.94. The van der Waals surface area contributed by atoms with Gasteiger partial charge in [0.15, 0.2) is 5.76 Å². The lowest BCUT2D eigenvalue weighted by Crippen LogP contribution is -2.29. The Morgan fingerprint density at radius 2 is 1.88 bits per heavy atom. The fourth-order valence-electron chi connectivity index (χ4n) is 2.17. The zero-order chi connectivity index (χ0) is 16.9. The molecule has 0 aliphatic heterocycles. The summed E-state index contributed by atoms with van der Waals surface area (Å²) in [5.41, 5.74) is 0.795. The normalized spacial score (nSPS) is 10.4. The number of rotatable bonds is 4. The highest BCUT2D eigenvalue weighted by atomic mass is 19.1. The third kappa shape index (κ3) is 3.40. The van der Waals surface area contributed by atoms with Gasteiger partial charge in [0.25, 0.3) is 0 Å². The van der Waals surface area contributed by atoms with Crippen molar-refractivity contribution in [2.75, 3.05) is 5.32 Å². The molecule has 5 nitrogen and oxygen atoms in total. The summed E-state index contributed by atoms with van der Waals surface area (Å²) < 4.78 is 32.3. The van der Waals surface area contributed by atoms with E-state index in [4.69, 9.17) is 4.42 Å². The van der Waals surface area contributed by atoms with Gasteiger partial charge < -0.3 is 15.1 Å². The van der Waals surface area contributed by atoms with Gasteiger partial charge in [0.05, 0.1) is 6.26 Å². The second kappa shape index (κ2) is 6.91. The summed E-state index contributed by atoms with van der Waals surface area (Å²) >= 11 is 0. The number of hydrogen-bond donors (Lipinski definition) is 2. The second-order valence-electron chi connectivity index (χ2n) is 4.89. The molecule has 7 heteroatoms. The van der Waals surface area contributed by atoms with Gasteiger partial charge in [0, 0.05) is 18.3 Å². The van der Waals surface area contributed by atoms with Crippen molar-refractivity contribution < 1.29 is 18.0 Å². The number of amides is 2. The lowest BCUT2D eigenvalue weighted by atomic mass is 10.1. The van der Waals surface area contributed by atoms with E-state index in [0.717, 1.165) is 12.1 Å². The minimum Gasteiger partial charge on any atom is -0.463 e. The Balaban J connectivity index is 1.69. The average molecular weight is 329 g/mol. The Bertz CT molecular complexity index is 831. The number of anilines is 1. The minimum atomic E-state index is -0.845. The van der Waals surface area contributed by atoms with Crippen LogP contribution in [0.2, 0.25) is 0 Å². The van der Waals surface area contributed by atoms with Crippen LogP contribution >= 0.6 is 0 Å². The number of nitrogens with zero attached hydrogens (tertiary/aromatic N) is 1. The monoisotopic (exact) mass is 329 g/mol. The average Bonchev–Trinajstić information content (AvgIpc) is 3.11. The summed E-state index contributed by atoms with van der Waals surface area (Å²) in [5.74, 6) is -1.13. The molecule has 0 aliphatic rings. The first kappa shape index (κ1) is 15.7. The van der Waals surface area contributed by atoms with Crippen molar-refractivity contribution in [1.82, 2.24) is 10.3 Å². The first-order valence-corrected chi connectivity index (χ1v) is 7.12. The highest BCUT2D eigenvalue weighted by molar-refractivity contribution is 5.89. The SMILES string of the molecule is O=C(NCc1cccnc1-c1ccco1)Nc1c(F)cccc1F. The van der Waals surface area contributed by atoms with Crippen LogP contribution in [0.25, 0.3) is 11.5 Å². The fraction of sp³-hybridized carbons (Fsp3) is 0.0588. The summed E-state index contributed by atoms with van der Waals surface area (Å²) in [7, 11) is 0. The van der Waals surface area contributed by atoms with Crippen LogP contribution in [0.4, 0.5) is 19.3 Å². The van der Waals surface area contributed by atoms with Crippen LogP contribution in [0, 0.1) is 11.6 Å². The maximum atomic E-state index is 13.5. The second-order valence-corrected chi connectivity index (χ2v) is 4.89. The van der Waals surface area contributed by atoms with Crippen LogP contribution in [-0.4, -0.2) is 11.0 Å². The van der Waals surface area contributed by atoms with E-state index in [1.54, 1.807) is 30.5 Å². The van der Waals surface area contributed by atoms with Gasteiger partial charge in [-0.25, -0.2) is 13.6 Å². The van der Waals surface area contributed by atoms with Crippen LogP contribution in [0.1, 0.15) is 5.56 Å². The van der Waals surface area contributed by atoms with Crippen molar-refractivity contribution in [3.8, 4) is 11.5 Å². The Labute approximate surface area is 136 Å². The van der Waals surface area contributed by atoms with Crippen LogP contribution in [0.5, 0.6) is 0 Å². The van der Waals surface area contributed by atoms with Gasteiger partial charge in [-0.3, -0.25) is 4.98 Å². The number of carbonyl (C=O) groups is 1. The Morgan fingerprint density at radius 3 is 2.58 bits per heavy atom. The molecule has 0 atom stereocenters. The summed E-state index contributed by atoms with van der Waals surface area (Å²) in [4.78, 5) is 16.1. The van der Waals surface area contributed by atoms with Crippen molar-refractivity contribution >= 4 is 11.7 Å². The molecule has 3 aromatic rings. The number of furan rings is 1. The third-order valence-electron chi connectivity index (χ3n) is 3.29. The van der Waals surface area contributed by atoms with Crippen molar-refractivity contribution in [3.05, 3.63) is 72.1 Å². The van der Waals surface area contributed by atoms with Gasteiger partial charge in [0.2, 0.25) is 0 Å². The molecule has 0 spiro atoms. The molecule has 0 unspecified atom stereocenters. The molecule has 2 N–H and O–H groups in total. The van der Waals surface area contributed by atoms with Crippen molar-refractivity contribution in [2.45, 2.75) is 6.54 Å². The smallest absolute Gasteiger partial charge is 0.319 e. The molecule has 2 heterocycles. The molecule has 122 valence electrons. The number of nitrogens with one attached hydrogen (secondary N) is 2. The molecule has 0 aliphatic carbocycles. The van der Waals surface area contributed by atoms with Crippen LogP contribution in [0.3, 0.4) is 0 Å². The largest absolute Gasteiger partial charge is 0.463 e. The van der Waals surface area contributed by atoms with Gasteiger partial charge in [0.1, 0.15) is 23.0 Å². The van der Waals surface area contributed by atoms with Crippen LogP contribution in [-0.2, 0) is 6.54 Å². The molecule has 0 radical (unpaired) electrons. The molecule has 2 aromatic heterocycles. The van der Waals surface area contributed by atoms with Gasteiger partial charge in [-0.15, -0.1) is 0 Å². The molecule has 0 saturated heterocycles. The molecule has 3 rings (SSSR count). The van der Waals surface area contributed by atoms with E-state index in [9.17, 15) is 13.6 Å². The number of halogens is 2. The number of aromatic nitrogens is 1. The van der Waals surface area contributed by atoms with E-state index < -0.39 is 23.4 Å². The first-order chi connectivity index (χ1) is 11.6. The van der Waals surface area contributed by atoms with E-state index in [2.05, 4.69) is 15.6 Å². The summed E-state index contributed by atoms with van der Waals surface area (Å²) in [6.07, 6.45) is 3.13. The molecule has 0 fully saturated rings. The summed E-state index contributed by atoms with van der Waals surface area (Å²) in [5, 5.41) is 4.70. The van der Waals surface area contributed by atoms with Gasteiger partial charge in [-0.05, 0) is 30.3 Å². The first-order valence-electron chi connectivity index (χ1n) is 7.12.